The van der Waals surface area contributed by atoms with Gasteiger partial charge in [-0.05, 0) is 28.6 Å². The van der Waals surface area contributed by atoms with Gasteiger partial charge >= 0.3 is 0 Å². The van der Waals surface area contributed by atoms with E-state index in [0.29, 0.717) is 44.2 Å². The average Bonchev–Trinajstić information content (AvgIpc) is 3.39. The SMILES string of the molecule is N#Cc1c(F)ccc([C@H]2CN3CCN(C(=O)Cc4ccc(-n5cnnn5)cn4)C[C@H]3CO2)c1F. The maximum atomic E-state index is 14.6. The van der Waals surface area contributed by atoms with Gasteiger partial charge in [-0.1, -0.05) is 6.07 Å². The molecule has 34 heavy (non-hydrogen) atoms. The number of aromatic nitrogens is 5. The first-order valence-corrected chi connectivity index (χ1v) is 10.7. The van der Waals surface area contributed by atoms with Gasteiger partial charge in [-0.15, -0.1) is 5.10 Å². The molecule has 3 aromatic rings. The Morgan fingerprint density at radius 3 is 2.82 bits per heavy atom. The number of fused-ring (bicyclic) bond motifs is 1. The average molecular weight is 466 g/mol. The van der Waals surface area contributed by atoms with E-state index in [4.69, 9.17) is 10.00 Å². The van der Waals surface area contributed by atoms with E-state index in [1.165, 1.54) is 17.1 Å². The van der Waals surface area contributed by atoms with Crippen molar-refractivity contribution >= 4 is 5.91 Å². The number of rotatable bonds is 4. The highest BCUT2D eigenvalue weighted by Gasteiger charge is 2.36. The highest BCUT2D eigenvalue weighted by Crippen LogP contribution is 2.30. The Morgan fingerprint density at radius 1 is 1.21 bits per heavy atom. The first-order valence-electron chi connectivity index (χ1n) is 10.7. The van der Waals surface area contributed by atoms with Crippen LogP contribution in [0.1, 0.15) is 22.9 Å². The summed E-state index contributed by atoms with van der Waals surface area (Å²) in [6, 6.07) is 7.53. The van der Waals surface area contributed by atoms with Gasteiger partial charge in [0.1, 0.15) is 29.6 Å². The molecule has 0 aliphatic carbocycles. The molecule has 0 bridgehead atoms. The predicted molar refractivity (Wildman–Crippen MR) is 112 cm³/mol. The monoisotopic (exact) mass is 466 g/mol. The summed E-state index contributed by atoms with van der Waals surface area (Å²) in [6.07, 6.45) is 2.64. The molecule has 12 heteroatoms. The summed E-state index contributed by atoms with van der Waals surface area (Å²) >= 11 is 0. The van der Waals surface area contributed by atoms with Gasteiger partial charge in [0.15, 0.2) is 0 Å². The summed E-state index contributed by atoms with van der Waals surface area (Å²) in [5.74, 6) is -1.80. The van der Waals surface area contributed by atoms with Crippen molar-refractivity contribution in [1.82, 2.24) is 35.0 Å². The number of hydrogen-bond acceptors (Lipinski definition) is 8. The minimum Gasteiger partial charge on any atom is -0.370 e. The number of pyridine rings is 1. The number of nitrogens with zero attached hydrogens (tertiary/aromatic N) is 8. The van der Waals surface area contributed by atoms with E-state index in [0.717, 1.165) is 6.07 Å². The lowest BCUT2D eigenvalue weighted by Gasteiger charge is -2.46. The first-order chi connectivity index (χ1) is 16.5. The lowest BCUT2D eigenvalue weighted by atomic mass is 10.0. The molecule has 10 nitrogen and oxygen atoms in total. The second-order valence-corrected chi connectivity index (χ2v) is 8.19. The van der Waals surface area contributed by atoms with E-state index < -0.39 is 23.3 Å². The van der Waals surface area contributed by atoms with E-state index in [1.54, 1.807) is 29.3 Å². The Bertz CT molecular complexity index is 1230. The zero-order valence-electron chi connectivity index (χ0n) is 18.0. The predicted octanol–water partition coefficient (Wildman–Crippen LogP) is 1.03. The van der Waals surface area contributed by atoms with E-state index in [9.17, 15) is 13.6 Å². The van der Waals surface area contributed by atoms with Crippen LogP contribution in [-0.2, 0) is 16.0 Å². The Hall–Kier alpha value is -3.82. The molecule has 4 heterocycles. The van der Waals surface area contributed by atoms with Crippen LogP contribution in [-0.4, -0.2) is 79.7 Å². The van der Waals surface area contributed by atoms with Crippen LogP contribution in [0.3, 0.4) is 0 Å². The molecule has 174 valence electrons. The van der Waals surface area contributed by atoms with Crippen molar-refractivity contribution in [3.63, 3.8) is 0 Å². The number of tetrazole rings is 1. The molecule has 2 saturated heterocycles. The third kappa shape index (κ3) is 4.23. The number of amides is 1. The summed E-state index contributed by atoms with van der Waals surface area (Å²) < 4.78 is 35.6. The summed E-state index contributed by atoms with van der Waals surface area (Å²) in [6.45, 7) is 2.33. The summed E-state index contributed by atoms with van der Waals surface area (Å²) in [4.78, 5) is 21.1. The fourth-order valence-corrected chi connectivity index (χ4v) is 4.32. The molecule has 2 fully saturated rings. The second-order valence-electron chi connectivity index (χ2n) is 8.19. The molecule has 0 unspecified atom stereocenters. The highest BCUT2D eigenvalue weighted by molar-refractivity contribution is 5.78. The standard InChI is InChI=1S/C22H20F2N8O2/c23-19-4-3-17(22(24)18(19)8-25)20-11-30-5-6-31(10-16(30)12-34-20)21(33)7-14-1-2-15(9-26-14)32-13-27-28-29-32/h1-4,9,13,16,20H,5-7,10-12H2/t16-,20+/m0/s1. The largest absolute Gasteiger partial charge is 0.370 e. The van der Waals surface area contributed by atoms with Crippen molar-refractivity contribution in [2.24, 2.45) is 0 Å². The number of benzene rings is 1. The lowest BCUT2D eigenvalue weighted by molar-refractivity contribution is -0.139. The van der Waals surface area contributed by atoms with Crippen LogP contribution in [0.5, 0.6) is 0 Å². The Morgan fingerprint density at radius 2 is 2.09 bits per heavy atom. The quantitative estimate of drug-likeness (QED) is 0.561. The van der Waals surface area contributed by atoms with E-state index >= 15 is 0 Å². The molecule has 0 saturated carbocycles. The zero-order chi connectivity index (χ0) is 23.7. The molecule has 2 aromatic heterocycles. The Labute approximate surface area is 193 Å². The number of carbonyl (C=O) groups excluding carboxylic acids is 1. The van der Waals surface area contributed by atoms with Gasteiger partial charge in [0.25, 0.3) is 0 Å². The fraction of sp³-hybridized carbons (Fsp3) is 0.364. The molecule has 2 aliphatic rings. The van der Waals surface area contributed by atoms with Crippen LogP contribution in [0, 0.1) is 23.0 Å². The van der Waals surface area contributed by atoms with Gasteiger partial charge in [-0.3, -0.25) is 14.7 Å². The molecule has 1 aromatic carbocycles. The molecule has 0 spiro atoms. The molecular weight excluding hydrogens is 446 g/mol. The number of morpholine rings is 1. The normalized spacial score (nSPS) is 20.6. The lowest BCUT2D eigenvalue weighted by Crippen LogP contribution is -2.59. The van der Waals surface area contributed by atoms with Gasteiger partial charge in [-0.25, -0.2) is 8.78 Å². The minimum atomic E-state index is -0.885. The fourth-order valence-electron chi connectivity index (χ4n) is 4.32. The van der Waals surface area contributed by atoms with Gasteiger partial charge in [0.2, 0.25) is 5.91 Å². The molecule has 2 atom stereocenters. The number of ether oxygens (including phenoxy) is 1. The summed E-state index contributed by atoms with van der Waals surface area (Å²) in [5, 5.41) is 20.0. The van der Waals surface area contributed by atoms with Crippen LogP contribution in [0.2, 0.25) is 0 Å². The minimum absolute atomic E-state index is 0.0250. The number of carbonyl (C=O) groups is 1. The van der Waals surface area contributed by atoms with Gasteiger partial charge < -0.3 is 9.64 Å². The van der Waals surface area contributed by atoms with E-state index in [-0.39, 0.29) is 23.9 Å². The Kier molecular flexibility index (Phi) is 5.95. The van der Waals surface area contributed by atoms with Crippen molar-refractivity contribution < 1.29 is 18.3 Å². The zero-order valence-corrected chi connectivity index (χ0v) is 18.0. The van der Waals surface area contributed by atoms with Crippen LogP contribution in [0.4, 0.5) is 8.78 Å². The van der Waals surface area contributed by atoms with Crippen LogP contribution in [0.15, 0.2) is 36.8 Å². The highest BCUT2D eigenvalue weighted by atomic mass is 19.1. The number of nitriles is 1. The van der Waals surface area contributed by atoms with Crippen molar-refractivity contribution in [2.45, 2.75) is 18.6 Å². The van der Waals surface area contributed by atoms with Gasteiger partial charge in [0.05, 0.1) is 37.1 Å². The van der Waals surface area contributed by atoms with E-state index in [2.05, 4.69) is 25.4 Å². The molecule has 1 amide bonds. The number of halogens is 2. The third-order valence-electron chi connectivity index (χ3n) is 6.18. The molecule has 0 radical (unpaired) electrons. The van der Waals surface area contributed by atoms with Crippen molar-refractivity contribution in [1.29, 1.82) is 5.26 Å². The van der Waals surface area contributed by atoms with Gasteiger partial charge in [-0.2, -0.15) is 9.94 Å². The van der Waals surface area contributed by atoms with E-state index in [1.807, 2.05) is 0 Å². The summed E-state index contributed by atoms with van der Waals surface area (Å²) in [7, 11) is 0. The molecule has 2 aliphatic heterocycles. The number of hydrogen-bond donors (Lipinski definition) is 0. The molecule has 0 N–H and O–H groups in total. The van der Waals surface area contributed by atoms with Crippen molar-refractivity contribution in [3.05, 3.63) is 65.2 Å². The first kappa shape index (κ1) is 22.0. The Balaban J connectivity index is 1.19. The second kappa shape index (κ2) is 9.20. The van der Waals surface area contributed by atoms with Crippen LogP contribution in [0.25, 0.3) is 5.69 Å². The topological polar surface area (TPSA) is 113 Å². The maximum absolute atomic E-state index is 14.6. The number of piperazine rings is 1. The summed E-state index contributed by atoms with van der Waals surface area (Å²) in [5.41, 5.74) is 0.914. The third-order valence-corrected chi connectivity index (χ3v) is 6.18. The van der Waals surface area contributed by atoms with Crippen molar-refractivity contribution in [2.75, 3.05) is 32.8 Å². The molecule has 5 rings (SSSR count). The maximum Gasteiger partial charge on any atom is 0.228 e. The van der Waals surface area contributed by atoms with Crippen LogP contribution >= 0.6 is 0 Å². The molecular formula is C22H20F2N8O2. The smallest absolute Gasteiger partial charge is 0.228 e. The van der Waals surface area contributed by atoms with Crippen molar-refractivity contribution in [3.8, 4) is 11.8 Å². The van der Waals surface area contributed by atoms with Crippen LogP contribution < -0.4 is 0 Å². The van der Waals surface area contributed by atoms with Gasteiger partial charge in [0, 0.05) is 37.4 Å².